The van der Waals surface area contributed by atoms with Crippen molar-refractivity contribution in [3.8, 4) is 0 Å². The van der Waals surface area contributed by atoms with Crippen LogP contribution in [0, 0.1) is 0 Å². The molecule has 0 amide bonds. The SMILES string of the molecule is CCCCCCCOC(=O)CC(CC)c1ccccc1. The van der Waals surface area contributed by atoms with Crippen LogP contribution in [0.2, 0.25) is 0 Å². The van der Waals surface area contributed by atoms with E-state index < -0.39 is 0 Å². The van der Waals surface area contributed by atoms with Crippen molar-refractivity contribution in [2.24, 2.45) is 0 Å². The molecular formula is C18H28O2. The highest BCUT2D eigenvalue weighted by molar-refractivity contribution is 5.70. The lowest BCUT2D eigenvalue weighted by molar-refractivity contribution is -0.144. The summed E-state index contributed by atoms with van der Waals surface area (Å²) in [7, 11) is 0. The summed E-state index contributed by atoms with van der Waals surface area (Å²) in [6, 6.07) is 10.2. The van der Waals surface area contributed by atoms with E-state index >= 15 is 0 Å². The Balaban J connectivity index is 2.23. The highest BCUT2D eigenvalue weighted by atomic mass is 16.5. The van der Waals surface area contributed by atoms with Crippen molar-refractivity contribution in [3.63, 3.8) is 0 Å². The minimum absolute atomic E-state index is 0.0591. The molecule has 0 saturated carbocycles. The third-order valence-corrected chi connectivity index (χ3v) is 3.69. The van der Waals surface area contributed by atoms with E-state index in [1.165, 1.54) is 24.8 Å². The zero-order valence-electron chi connectivity index (χ0n) is 12.9. The molecule has 0 aromatic heterocycles. The highest BCUT2D eigenvalue weighted by Crippen LogP contribution is 2.23. The molecule has 0 aliphatic heterocycles. The van der Waals surface area contributed by atoms with Gasteiger partial charge < -0.3 is 4.74 Å². The van der Waals surface area contributed by atoms with Crippen molar-refractivity contribution in [2.75, 3.05) is 6.61 Å². The first-order chi connectivity index (χ1) is 9.77. The van der Waals surface area contributed by atoms with E-state index in [9.17, 15) is 4.79 Å². The van der Waals surface area contributed by atoms with Crippen LogP contribution >= 0.6 is 0 Å². The number of hydrogen-bond donors (Lipinski definition) is 0. The van der Waals surface area contributed by atoms with Crippen molar-refractivity contribution < 1.29 is 9.53 Å². The molecule has 1 aromatic carbocycles. The Bertz CT molecular complexity index is 359. The van der Waals surface area contributed by atoms with Gasteiger partial charge in [0.25, 0.3) is 0 Å². The van der Waals surface area contributed by atoms with Crippen molar-refractivity contribution in [1.82, 2.24) is 0 Å². The van der Waals surface area contributed by atoms with Gasteiger partial charge in [-0.05, 0) is 24.3 Å². The van der Waals surface area contributed by atoms with Gasteiger partial charge in [0.15, 0.2) is 0 Å². The van der Waals surface area contributed by atoms with Crippen LogP contribution < -0.4 is 0 Å². The summed E-state index contributed by atoms with van der Waals surface area (Å²) in [5.41, 5.74) is 1.23. The van der Waals surface area contributed by atoms with Gasteiger partial charge >= 0.3 is 5.97 Å². The Morgan fingerprint density at radius 1 is 1.05 bits per heavy atom. The average molecular weight is 276 g/mol. The second kappa shape index (κ2) is 10.5. The van der Waals surface area contributed by atoms with Gasteiger partial charge in [-0.3, -0.25) is 4.79 Å². The van der Waals surface area contributed by atoms with E-state index in [4.69, 9.17) is 4.74 Å². The predicted molar refractivity (Wildman–Crippen MR) is 83.8 cm³/mol. The second-order valence-electron chi connectivity index (χ2n) is 5.35. The molecule has 2 nitrogen and oxygen atoms in total. The molecule has 20 heavy (non-hydrogen) atoms. The quantitative estimate of drug-likeness (QED) is 0.440. The van der Waals surface area contributed by atoms with Crippen LogP contribution in [0.3, 0.4) is 0 Å². The van der Waals surface area contributed by atoms with E-state index in [1.54, 1.807) is 0 Å². The number of rotatable bonds is 10. The van der Waals surface area contributed by atoms with Crippen molar-refractivity contribution in [3.05, 3.63) is 35.9 Å². The van der Waals surface area contributed by atoms with Gasteiger partial charge in [-0.2, -0.15) is 0 Å². The van der Waals surface area contributed by atoms with Crippen LogP contribution in [0.25, 0.3) is 0 Å². The summed E-state index contributed by atoms with van der Waals surface area (Å²) < 4.78 is 5.34. The Morgan fingerprint density at radius 3 is 2.40 bits per heavy atom. The number of esters is 1. The molecule has 0 N–H and O–H groups in total. The number of carbonyl (C=O) groups is 1. The molecule has 2 heteroatoms. The molecule has 0 bridgehead atoms. The third kappa shape index (κ3) is 6.74. The fraction of sp³-hybridized carbons (Fsp3) is 0.611. The zero-order valence-corrected chi connectivity index (χ0v) is 12.9. The summed E-state index contributed by atoms with van der Waals surface area (Å²) in [5.74, 6) is 0.222. The molecule has 0 aliphatic carbocycles. The zero-order chi connectivity index (χ0) is 14.6. The molecule has 1 unspecified atom stereocenters. The molecule has 112 valence electrons. The number of benzene rings is 1. The van der Waals surface area contributed by atoms with Crippen molar-refractivity contribution in [2.45, 2.75) is 64.7 Å². The van der Waals surface area contributed by atoms with Gasteiger partial charge in [0, 0.05) is 0 Å². The largest absolute Gasteiger partial charge is 0.466 e. The van der Waals surface area contributed by atoms with E-state index in [2.05, 4.69) is 26.0 Å². The van der Waals surface area contributed by atoms with Crippen molar-refractivity contribution >= 4 is 5.97 Å². The summed E-state index contributed by atoms with van der Waals surface area (Å²) in [6.07, 6.45) is 7.39. The van der Waals surface area contributed by atoms with Crippen LogP contribution in [-0.2, 0) is 9.53 Å². The number of hydrogen-bond acceptors (Lipinski definition) is 2. The predicted octanol–water partition coefficient (Wildman–Crippen LogP) is 5.08. The van der Waals surface area contributed by atoms with Crippen LogP contribution in [0.4, 0.5) is 0 Å². The Hall–Kier alpha value is -1.31. The van der Waals surface area contributed by atoms with E-state index in [-0.39, 0.29) is 11.9 Å². The topological polar surface area (TPSA) is 26.3 Å². The standard InChI is InChI=1S/C18H28O2/c1-3-5-6-7-11-14-20-18(19)15-16(4-2)17-12-9-8-10-13-17/h8-10,12-13,16H,3-7,11,14-15H2,1-2H3. The van der Waals surface area contributed by atoms with Gasteiger partial charge in [-0.15, -0.1) is 0 Å². The molecule has 1 atom stereocenters. The molecule has 1 aromatic rings. The van der Waals surface area contributed by atoms with E-state index in [1.807, 2.05) is 18.2 Å². The first-order valence-corrected chi connectivity index (χ1v) is 7.98. The molecule has 1 rings (SSSR count). The van der Waals surface area contributed by atoms with Crippen LogP contribution in [0.5, 0.6) is 0 Å². The van der Waals surface area contributed by atoms with Gasteiger partial charge in [-0.25, -0.2) is 0 Å². The molecule has 0 spiro atoms. The van der Waals surface area contributed by atoms with Crippen molar-refractivity contribution in [1.29, 1.82) is 0 Å². The fourth-order valence-electron chi connectivity index (χ4n) is 2.37. The molecule has 0 radical (unpaired) electrons. The summed E-state index contributed by atoms with van der Waals surface area (Å²) in [5, 5.41) is 0. The van der Waals surface area contributed by atoms with E-state index in [0.29, 0.717) is 13.0 Å². The van der Waals surface area contributed by atoms with Crippen LogP contribution in [0.15, 0.2) is 30.3 Å². The Morgan fingerprint density at radius 2 is 1.75 bits per heavy atom. The van der Waals surface area contributed by atoms with Gasteiger partial charge in [0.1, 0.15) is 0 Å². The molecule has 0 fully saturated rings. The third-order valence-electron chi connectivity index (χ3n) is 3.69. The maximum absolute atomic E-state index is 11.9. The first-order valence-electron chi connectivity index (χ1n) is 7.98. The van der Waals surface area contributed by atoms with Crippen LogP contribution in [0.1, 0.15) is 70.3 Å². The maximum atomic E-state index is 11.9. The summed E-state index contributed by atoms with van der Waals surface area (Å²) >= 11 is 0. The lowest BCUT2D eigenvalue weighted by atomic mass is 9.93. The summed E-state index contributed by atoms with van der Waals surface area (Å²) in [6.45, 7) is 4.90. The molecule has 0 saturated heterocycles. The minimum atomic E-state index is -0.0591. The minimum Gasteiger partial charge on any atom is -0.466 e. The number of carbonyl (C=O) groups excluding carboxylic acids is 1. The Labute approximate surface area is 123 Å². The first kappa shape index (κ1) is 16.7. The molecular weight excluding hydrogens is 248 g/mol. The highest BCUT2D eigenvalue weighted by Gasteiger charge is 2.14. The van der Waals surface area contributed by atoms with Gasteiger partial charge in [0.2, 0.25) is 0 Å². The number of unbranched alkanes of at least 4 members (excludes halogenated alkanes) is 4. The lowest BCUT2D eigenvalue weighted by Gasteiger charge is -2.14. The smallest absolute Gasteiger partial charge is 0.306 e. The van der Waals surface area contributed by atoms with Crippen LogP contribution in [-0.4, -0.2) is 12.6 Å². The Kier molecular flexibility index (Phi) is 8.77. The lowest BCUT2D eigenvalue weighted by Crippen LogP contribution is -2.11. The average Bonchev–Trinajstić information content (AvgIpc) is 2.49. The van der Waals surface area contributed by atoms with Gasteiger partial charge in [0.05, 0.1) is 13.0 Å². The number of ether oxygens (including phenoxy) is 1. The fourth-order valence-corrected chi connectivity index (χ4v) is 2.37. The maximum Gasteiger partial charge on any atom is 0.306 e. The summed E-state index contributed by atoms with van der Waals surface area (Å²) in [4.78, 5) is 11.9. The monoisotopic (exact) mass is 276 g/mol. The van der Waals surface area contributed by atoms with Gasteiger partial charge in [-0.1, -0.05) is 69.9 Å². The molecule has 0 aliphatic rings. The second-order valence-corrected chi connectivity index (χ2v) is 5.35. The normalized spacial score (nSPS) is 12.1. The van der Waals surface area contributed by atoms with E-state index in [0.717, 1.165) is 19.3 Å². The molecule has 0 heterocycles.